The largest absolute Gasteiger partial charge is 0.494 e. The summed E-state index contributed by atoms with van der Waals surface area (Å²) < 4.78 is 31.1. The summed E-state index contributed by atoms with van der Waals surface area (Å²) in [5.74, 6) is 1.24. The number of rotatable bonds is 6. The van der Waals surface area contributed by atoms with Crippen molar-refractivity contribution in [3.05, 3.63) is 78.5 Å². The molecule has 0 bridgehead atoms. The van der Waals surface area contributed by atoms with E-state index in [2.05, 4.69) is 15.0 Å². The number of ether oxygens (including phenoxy) is 1. The predicted molar refractivity (Wildman–Crippen MR) is 131 cm³/mol. The summed E-state index contributed by atoms with van der Waals surface area (Å²) in [5.41, 5.74) is 2.68. The molecule has 0 amide bonds. The molecule has 0 saturated carbocycles. The monoisotopic (exact) mass is 490 g/mol. The molecule has 178 valence electrons. The zero-order valence-electron chi connectivity index (χ0n) is 18.9. The van der Waals surface area contributed by atoms with E-state index >= 15 is 0 Å². The van der Waals surface area contributed by atoms with E-state index in [4.69, 9.17) is 4.74 Å². The lowest BCUT2D eigenvalue weighted by molar-refractivity contribution is 0.354. The Morgan fingerprint density at radius 2 is 1.71 bits per heavy atom. The second-order valence-electron chi connectivity index (χ2n) is 8.15. The highest BCUT2D eigenvalue weighted by Crippen LogP contribution is 2.39. The Hall–Kier alpha value is -4.31. The molecule has 3 N–H and O–H groups in total. The van der Waals surface area contributed by atoms with Crippen LogP contribution in [0.4, 0.5) is 0 Å². The van der Waals surface area contributed by atoms with Crippen molar-refractivity contribution in [2.75, 3.05) is 6.26 Å². The Bertz CT molecular complexity index is 1600. The van der Waals surface area contributed by atoms with Crippen LogP contribution in [0, 0.1) is 0 Å². The average molecular weight is 491 g/mol. The van der Waals surface area contributed by atoms with Gasteiger partial charge in [0.25, 0.3) is 0 Å². The lowest BCUT2D eigenvalue weighted by atomic mass is 10.1. The predicted octanol–water partition coefficient (Wildman–Crippen LogP) is 4.64. The first kappa shape index (κ1) is 22.5. The minimum atomic E-state index is -3.34. The van der Waals surface area contributed by atoms with Gasteiger partial charge in [0, 0.05) is 36.2 Å². The summed E-state index contributed by atoms with van der Waals surface area (Å²) >= 11 is 0. The van der Waals surface area contributed by atoms with E-state index in [1.807, 2.05) is 31.2 Å². The maximum absolute atomic E-state index is 11.8. The first-order chi connectivity index (χ1) is 16.7. The topological polar surface area (TPSA) is 130 Å². The number of hydrogen-bond donors (Lipinski definition) is 3. The lowest BCUT2D eigenvalue weighted by Gasteiger charge is -2.20. The summed E-state index contributed by atoms with van der Waals surface area (Å²) in [4.78, 5) is 12.4. The number of sulfone groups is 1. The highest BCUT2D eigenvalue weighted by atomic mass is 32.2. The van der Waals surface area contributed by atoms with Crippen LogP contribution in [0.1, 0.15) is 18.5 Å². The van der Waals surface area contributed by atoms with Gasteiger partial charge in [-0.15, -0.1) is 0 Å². The number of benzene rings is 2. The molecule has 5 aromatic rings. The Morgan fingerprint density at radius 3 is 2.34 bits per heavy atom. The third kappa shape index (κ3) is 4.31. The molecule has 10 heteroatoms. The van der Waals surface area contributed by atoms with Crippen LogP contribution in [0.5, 0.6) is 23.3 Å². The second-order valence-corrected chi connectivity index (χ2v) is 10.2. The normalized spacial score (nSPS) is 12.6. The molecule has 0 aliphatic rings. The van der Waals surface area contributed by atoms with Crippen molar-refractivity contribution in [1.29, 1.82) is 0 Å². The number of aromatic amines is 1. The quantitative estimate of drug-likeness (QED) is 0.316. The molecule has 0 aliphatic carbocycles. The first-order valence-electron chi connectivity index (χ1n) is 10.7. The van der Waals surface area contributed by atoms with Gasteiger partial charge in [-0.25, -0.2) is 13.4 Å². The third-order valence-corrected chi connectivity index (χ3v) is 6.84. The van der Waals surface area contributed by atoms with Gasteiger partial charge in [-0.1, -0.05) is 6.07 Å². The summed E-state index contributed by atoms with van der Waals surface area (Å²) in [5, 5.41) is 20.6. The Balaban J connectivity index is 1.62. The van der Waals surface area contributed by atoms with Gasteiger partial charge in [0.15, 0.2) is 27.4 Å². The van der Waals surface area contributed by atoms with Crippen LogP contribution in [-0.2, 0) is 9.84 Å². The van der Waals surface area contributed by atoms with Crippen molar-refractivity contribution in [3.8, 4) is 34.8 Å². The molecule has 1 atom stereocenters. The van der Waals surface area contributed by atoms with E-state index in [0.29, 0.717) is 34.1 Å². The number of aromatic hydroxyl groups is 2. The molecule has 0 radical (unpaired) electrons. The Labute approximate surface area is 201 Å². The number of aromatic nitrogens is 4. The van der Waals surface area contributed by atoms with E-state index in [0.717, 1.165) is 11.8 Å². The number of nitrogens with one attached hydrogen (secondary N) is 1. The van der Waals surface area contributed by atoms with Crippen LogP contribution in [0.3, 0.4) is 0 Å². The van der Waals surface area contributed by atoms with Crippen molar-refractivity contribution < 1.29 is 23.4 Å². The van der Waals surface area contributed by atoms with Crippen molar-refractivity contribution >= 4 is 20.9 Å². The molecule has 3 aromatic heterocycles. The standard InChI is InChI=1S/C25H22N4O5S/c1-15(29-23(30)10-11-24(29)31)18-13-20-21(28-25(27-20)19-5-3-4-12-26-19)14-22(18)34-16-6-8-17(9-7-16)35(2,32)33/h3-15,30-31H,1-2H3,(H,27,28). The van der Waals surface area contributed by atoms with Gasteiger partial charge in [-0.3, -0.25) is 9.55 Å². The van der Waals surface area contributed by atoms with Gasteiger partial charge in [0.2, 0.25) is 0 Å². The Morgan fingerprint density at radius 1 is 1.00 bits per heavy atom. The number of H-pyrrole nitrogens is 1. The number of hydrogen-bond acceptors (Lipinski definition) is 7. The van der Waals surface area contributed by atoms with Crippen LogP contribution >= 0.6 is 0 Å². The number of pyridine rings is 1. The Kier molecular flexibility index (Phi) is 5.45. The zero-order valence-corrected chi connectivity index (χ0v) is 19.7. The molecule has 9 nitrogen and oxygen atoms in total. The van der Waals surface area contributed by atoms with Crippen LogP contribution in [-0.4, -0.2) is 44.4 Å². The summed E-state index contributed by atoms with van der Waals surface area (Å²) in [6, 6.07) is 17.5. The molecule has 35 heavy (non-hydrogen) atoms. The van der Waals surface area contributed by atoms with Crippen LogP contribution in [0.25, 0.3) is 22.6 Å². The lowest BCUT2D eigenvalue weighted by Crippen LogP contribution is -2.07. The van der Waals surface area contributed by atoms with Gasteiger partial charge in [-0.2, -0.15) is 0 Å². The van der Waals surface area contributed by atoms with Crippen LogP contribution < -0.4 is 4.74 Å². The molecule has 0 aliphatic heterocycles. The highest BCUT2D eigenvalue weighted by Gasteiger charge is 2.22. The summed E-state index contributed by atoms with van der Waals surface area (Å²) in [6.07, 6.45) is 2.83. The number of imidazole rings is 1. The van der Waals surface area contributed by atoms with Crippen molar-refractivity contribution in [2.24, 2.45) is 0 Å². The van der Waals surface area contributed by atoms with Crippen LogP contribution in [0.2, 0.25) is 0 Å². The fourth-order valence-electron chi connectivity index (χ4n) is 3.94. The van der Waals surface area contributed by atoms with Gasteiger partial charge >= 0.3 is 0 Å². The maximum Gasteiger partial charge on any atom is 0.194 e. The fourth-order valence-corrected chi connectivity index (χ4v) is 4.57. The maximum atomic E-state index is 11.8. The van der Waals surface area contributed by atoms with Gasteiger partial charge in [0.05, 0.1) is 22.0 Å². The molecular formula is C25H22N4O5S. The molecular weight excluding hydrogens is 468 g/mol. The molecule has 0 fully saturated rings. The zero-order chi connectivity index (χ0) is 24.7. The fraction of sp³-hybridized carbons (Fsp3) is 0.120. The SMILES string of the molecule is CC(c1cc2[nH]c(-c3ccccn3)nc2cc1Oc1ccc(S(C)(=O)=O)cc1)n1c(O)ccc1O. The number of nitrogens with zero attached hydrogens (tertiary/aromatic N) is 3. The molecule has 5 rings (SSSR count). The smallest absolute Gasteiger partial charge is 0.194 e. The number of fused-ring (bicyclic) bond motifs is 1. The minimum Gasteiger partial charge on any atom is -0.494 e. The summed E-state index contributed by atoms with van der Waals surface area (Å²) in [7, 11) is -3.34. The second kappa shape index (κ2) is 8.48. The van der Waals surface area contributed by atoms with Gasteiger partial charge in [0.1, 0.15) is 17.2 Å². The molecule has 1 unspecified atom stereocenters. The van der Waals surface area contributed by atoms with Gasteiger partial charge < -0.3 is 19.9 Å². The molecule has 0 spiro atoms. The van der Waals surface area contributed by atoms with Gasteiger partial charge in [-0.05, 0) is 49.4 Å². The van der Waals surface area contributed by atoms with E-state index in [1.54, 1.807) is 24.4 Å². The van der Waals surface area contributed by atoms with Crippen molar-refractivity contribution in [2.45, 2.75) is 17.9 Å². The minimum absolute atomic E-state index is 0.0997. The average Bonchev–Trinajstić information content (AvgIpc) is 3.40. The highest BCUT2D eigenvalue weighted by molar-refractivity contribution is 7.90. The molecule has 0 saturated heterocycles. The molecule has 2 aromatic carbocycles. The first-order valence-corrected chi connectivity index (χ1v) is 12.6. The van der Waals surface area contributed by atoms with Crippen molar-refractivity contribution in [1.82, 2.24) is 19.5 Å². The van der Waals surface area contributed by atoms with E-state index in [1.165, 1.54) is 28.8 Å². The summed E-state index contributed by atoms with van der Waals surface area (Å²) in [6.45, 7) is 1.82. The third-order valence-electron chi connectivity index (χ3n) is 5.71. The van der Waals surface area contributed by atoms with Crippen LogP contribution in [0.15, 0.2) is 77.8 Å². The van der Waals surface area contributed by atoms with E-state index < -0.39 is 15.9 Å². The van der Waals surface area contributed by atoms with E-state index in [9.17, 15) is 18.6 Å². The molecule has 3 heterocycles. The van der Waals surface area contributed by atoms with Crippen molar-refractivity contribution in [3.63, 3.8) is 0 Å². The van der Waals surface area contributed by atoms with E-state index in [-0.39, 0.29) is 16.7 Å².